The van der Waals surface area contributed by atoms with Crippen molar-refractivity contribution in [2.45, 2.75) is 19.4 Å². The van der Waals surface area contributed by atoms with E-state index in [1.807, 2.05) is 0 Å². The van der Waals surface area contributed by atoms with Crippen LogP contribution in [0.5, 0.6) is 0 Å². The summed E-state index contributed by atoms with van der Waals surface area (Å²) < 4.78 is 18.0. The van der Waals surface area contributed by atoms with Crippen LogP contribution in [0.1, 0.15) is 33.2 Å². The largest absolute Gasteiger partial charge is 0.453 e. The number of esters is 1. The van der Waals surface area contributed by atoms with Crippen molar-refractivity contribution in [2.75, 3.05) is 6.54 Å². The van der Waals surface area contributed by atoms with Crippen LogP contribution in [-0.4, -0.2) is 41.1 Å². The maximum atomic E-state index is 12.9. The highest BCUT2D eigenvalue weighted by atomic mass is 19.1. The molecule has 0 aliphatic carbocycles. The first-order valence-corrected chi connectivity index (χ1v) is 8.28. The van der Waals surface area contributed by atoms with E-state index in [2.05, 4.69) is 0 Å². The Morgan fingerprint density at radius 3 is 2.48 bits per heavy atom. The lowest BCUT2D eigenvalue weighted by atomic mass is 9.98. The molecule has 0 aromatic heterocycles. The Kier molecular flexibility index (Phi) is 5.12. The molecule has 0 saturated carbocycles. The van der Waals surface area contributed by atoms with Gasteiger partial charge >= 0.3 is 5.97 Å². The SMILES string of the molecule is C[C@H](OC(=O)CN1C(=O)Cc2ccccc2C1=O)C(=O)c1ccc(F)cc1. The summed E-state index contributed by atoms with van der Waals surface area (Å²) in [6.07, 6.45) is -1.12. The van der Waals surface area contributed by atoms with E-state index in [0.29, 0.717) is 11.1 Å². The van der Waals surface area contributed by atoms with Gasteiger partial charge in [0.05, 0.1) is 6.42 Å². The van der Waals surface area contributed by atoms with Crippen molar-refractivity contribution in [3.8, 4) is 0 Å². The maximum absolute atomic E-state index is 12.9. The quantitative estimate of drug-likeness (QED) is 0.458. The Morgan fingerprint density at radius 1 is 1.11 bits per heavy atom. The number of hydrogen-bond acceptors (Lipinski definition) is 5. The van der Waals surface area contributed by atoms with Gasteiger partial charge < -0.3 is 4.74 Å². The van der Waals surface area contributed by atoms with Crippen LogP contribution in [0.4, 0.5) is 4.39 Å². The molecular formula is C20H16FNO5. The fourth-order valence-electron chi connectivity index (χ4n) is 2.83. The first kappa shape index (κ1) is 18.4. The summed E-state index contributed by atoms with van der Waals surface area (Å²) in [5.74, 6) is -2.95. The third-order valence-electron chi connectivity index (χ3n) is 4.23. The smallest absolute Gasteiger partial charge is 0.326 e. The Morgan fingerprint density at radius 2 is 1.78 bits per heavy atom. The molecule has 3 rings (SSSR count). The Bertz CT molecular complexity index is 922. The van der Waals surface area contributed by atoms with E-state index >= 15 is 0 Å². The van der Waals surface area contributed by atoms with E-state index in [4.69, 9.17) is 4.74 Å². The van der Waals surface area contributed by atoms with Crippen LogP contribution in [0.2, 0.25) is 0 Å². The van der Waals surface area contributed by atoms with Gasteiger partial charge in [0.15, 0.2) is 6.10 Å². The minimum absolute atomic E-state index is 0.0132. The third-order valence-corrected chi connectivity index (χ3v) is 4.23. The van der Waals surface area contributed by atoms with Crippen LogP contribution in [0.3, 0.4) is 0 Å². The van der Waals surface area contributed by atoms with Crippen molar-refractivity contribution in [3.05, 3.63) is 71.0 Å². The van der Waals surface area contributed by atoms with Crippen LogP contribution < -0.4 is 0 Å². The molecule has 1 heterocycles. The Hall–Kier alpha value is -3.35. The Labute approximate surface area is 154 Å². The zero-order chi connectivity index (χ0) is 19.6. The lowest BCUT2D eigenvalue weighted by Crippen LogP contribution is -2.46. The molecule has 1 aliphatic heterocycles. The average Bonchev–Trinajstić information content (AvgIpc) is 2.65. The van der Waals surface area contributed by atoms with Gasteiger partial charge in [-0.2, -0.15) is 0 Å². The molecule has 2 amide bonds. The summed E-state index contributed by atoms with van der Waals surface area (Å²) in [6, 6.07) is 11.5. The number of ether oxygens (including phenoxy) is 1. The number of carbonyl (C=O) groups is 4. The van der Waals surface area contributed by atoms with Gasteiger partial charge in [0.2, 0.25) is 11.7 Å². The molecule has 2 aromatic rings. The number of hydrogen-bond donors (Lipinski definition) is 0. The summed E-state index contributed by atoms with van der Waals surface area (Å²) in [5, 5.41) is 0. The summed E-state index contributed by atoms with van der Waals surface area (Å²) >= 11 is 0. The number of fused-ring (bicyclic) bond motifs is 1. The van der Waals surface area contributed by atoms with Crippen LogP contribution in [0.15, 0.2) is 48.5 Å². The molecule has 27 heavy (non-hydrogen) atoms. The van der Waals surface area contributed by atoms with Crippen molar-refractivity contribution >= 4 is 23.6 Å². The standard InChI is InChI=1S/C20H16FNO5/c1-12(19(25)13-6-8-15(21)9-7-13)27-18(24)11-22-17(23)10-14-4-2-3-5-16(14)20(22)26/h2-9,12H,10-11H2,1H3/t12-/m0/s1. The molecule has 0 spiro atoms. The van der Waals surface area contributed by atoms with Gasteiger partial charge in [-0.1, -0.05) is 18.2 Å². The number of Topliss-reactive ketones (excluding diaryl/α,β-unsaturated/α-hetero) is 1. The maximum Gasteiger partial charge on any atom is 0.326 e. The first-order valence-electron chi connectivity index (χ1n) is 8.28. The second-order valence-corrected chi connectivity index (χ2v) is 6.12. The highest BCUT2D eigenvalue weighted by Gasteiger charge is 2.33. The predicted molar refractivity (Wildman–Crippen MR) is 92.5 cm³/mol. The Balaban J connectivity index is 1.65. The van der Waals surface area contributed by atoms with Crippen LogP contribution in [0.25, 0.3) is 0 Å². The molecule has 7 heteroatoms. The average molecular weight is 369 g/mol. The van der Waals surface area contributed by atoms with Crippen molar-refractivity contribution in [3.63, 3.8) is 0 Å². The molecule has 0 radical (unpaired) electrons. The van der Waals surface area contributed by atoms with E-state index in [0.717, 1.165) is 17.0 Å². The molecule has 0 saturated heterocycles. The van der Waals surface area contributed by atoms with Gasteiger partial charge in [-0.3, -0.25) is 24.1 Å². The monoisotopic (exact) mass is 369 g/mol. The van der Waals surface area contributed by atoms with E-state index in [1.165, 1.54) is 19.1 Å². The molecule has 2 aromatic carbocycles. The van der Waals surface area contributed by atoms with E-state index in [9.17, 15) is 23.6 Å². The van der Waals surface area contributed by atoms with Gasteiger partial charge in [-0.15, -0.1) is 0 Å². The van der Waals surface area contributed by atoms with E-state index in [-0.39, 0.29) is 12.0 Å². The molecule has 0 fully saturated rings. The fraction of sp³-hybridized carbons (Fsp3) is 0.200. The van der Waals surface area contributed by atoms with E-state index in [1.54, 1.807) is 24.3 Å². The van der Waals surface area contributed by atoms with Crippen molar-refractivity contribution in [1.29, 1.82) is 0 Å². The molecule has 0 bridgehead atoms. The summed E-state index contributed by atoms with van der Waals surface area (Å²) in [6.45, 7) is 0.797. The minimum atomic E-state index is -1.13. The van der Waals surface area contributed by atoms with Crippen LogP contribution in [0, 0.1) is 5.82 Å². The number of halogens is 1. The number of carbonyl (C=O) groups excluding carboxylic acids is 4. The normalized spacial score (nSPS) is 14.5. The second-order valence-electron chi connectivity index (χ2n) is 6.12. The number of ketones is 1. The number of nitrogens with zero attached hydrogens (tertiary/aromatic N) is 1. The topological polar surface area (TPSA) is 80.8 Å². The zero-order valence-electron chi connectivity index (χ0n) is 14.5. The lowest BCUT2D eigenvalue weighted by molar-refractivity contribution is -0.150. The number of benzene rings is 2. The number of imide groups is 1. The van der Waals surface area contributed by atoms with Crippen molar-refractivity contribution in [2.24, 2.45) is 0 Å². The predicted octanol–water partition coefficient (Wildman–Crippen LogP) is 2.17. The summed E-state index contributed by atoms with van der Waals surface area (Å²) in [4.78, 5) is 49.8. The van der Waals surface area contributed by atoms with Crippen molar-refractivity contribution < 1.29 is 28.3 Å². The summed E-state index contributed by atoms with van der Waals surface area (Å²) in [5.41, 5.74) is 1.16. The first-order chi connectivity index (χ1) is 12.9. The van der Waals surface area contributed by atoms with Crippen molar-refractivity contribution in [1.82, 2.24) is 4.90 Å². The van der Waals surface area contributed by atoms with Gasteiger partial charge in [0, 0.05) is 11.1 Å². The highest BCUT2D eigenvalue weighted by Crippen LogP contribution is 2.19. The van der Waals surface area contributed by atoms with Crippen LogP contribution in [-0.2, 0) is 20.7 Å². The molecule has 1 aliphatic rings. The summed E-state index contributed by atoms with van der Waals surface area (Å²) in [7, 11) is 0. The second kappa shape index (κ2) is 7.49. The fourth-order valence-corrected chi connectivity index (χ4v) is 2.83. The molecule has 1 atom stereocenters. The lowest BCUT2D eigenvalue weighted by Gasteiger charge is -2.26. The molecule has 6 nitrogen and oxygen atoms in total. The highest BCUT2D eigenvalue weighted by molar-refractivity contribution is 6.11. The molecule has 0 N–H and O–H groups in total. The third kappa shape index (κ3) is 3.92. The van der Waals surface area contributed by atoms with Crippen LogP contribution >= 0.6 is 0 Å². The minimum Gasteiger partial charge on any atom is -0.453 e. The molecule has 0 unspecified atom stereocenters. The van der Waals surface area contributed by atoms with Gasteiger partial charge in [-0.25, -0.2) is 4.39 Å². The number of rotatable bonds is 5. The van der Waals surface area contributed by atoms with Gasteiger partial charge in [0.25, 0.3) is 5.91 Å². The molecule has 138 valence electrons. The molecular weight excluding hydrogens is 353 g/mol. The number of amides is 2. The zero-order valence-corrected chi connectivity index (χ0v) is 14.5. The van der Waals surface area contributed by atoms with Gasteiger partial charge in [-0.05, 0) is 42.8 Å². The van der Waals surface area contributed by atoms with Gasteiger partial charge in [0.1, 0.15) is 12.4 Å². The van der Waals surface area contributed by atoms with E-state index < -0.39 is 42.0 Å².